The van der Waals surface area contributed by atoms with Gasteiger partial charge in [0.1, 0.15) is 5.75 Å². The van der Waals surface area contributed by atoms with Crippen molar-refractivity contribution < 1.29 is 14.6 Å². The number of benzene rings is 1. The fourth-order valence-electron chi connectivity index (χ4n) is 3.06. The Kier molecular flexibility index (Phi) is 4.82. The van der Waals surface area contributed by atoms with Crippen LogP contribution in [0.2, 0.25) is 5.02 Å². The van der Waals surface area contributed by atoms with E-state index in [4.69, 9.17) is 16.3 Å². The number of aliphatic carboxylic acids is 1. The number of carboxylic acids is 1. The van der Waals surface area contributed by atoms with E-state index < -0.39 is 5.97 Å². The Labute approximate surface area is 131 Å². The maximum Gasteiger partial charge on any atom is 0.303 e. The number of methoxy groups -OCH3 is 1. The second-order valence-corrected chi connectivity index (χ2v) is 6.62. The molecule has 0 heterocycles. The van der Waals surface area contributed by atoms with Crippen molar-refractivity contribution in [2.45, 2.75) is 51.9 Å². The normalized spacial score (nSPS) is 16.1. The van der Waals surface area contributed by atoms with E-state index >= 15 is 0 Å². The third kappa shape index (κ3) is 3.34. The Bertz CT molecular complexity index is 547. The number of hydrogen-bond acceptors (Lipinski definition) is 2. The van der Waals surface area contributed by atoms with Gasteiger partial charge in [0.15, 0.2) is 0 Å². The minimum absolute atomic E-state index is 0.00588. The summed E-state index contributed by atoms with van der Waals surface area (Å²) in [5.41, 5.74) is 3.01. The highest BCUT2D eigenvalue weighted by Gasteiger charge is 2.37. The average Bonchev–Trinajstić information content (AvgIpc) is 3.22. The van der Waals surface area contributed by atoms with Crippen molar-refractivity contribution in [2.75, 3.05) is 7.11 Å². The molecule has 0 radical (unpaired) electrons. The van der Waals surface area contributed by atoms with Crippen LogP contribution in [0, 0.1) is 12.8 Å². The molecule has 1 fully saturated rings. The number of carbonyl (C=O) groups is 1. The van der Waals surface area contributed by atoms with Gasteiger partial charge >= 0.3 is 5.97 Å². The smallest absolute Gasteiger partial charge is 0.303 e. The zero-order valence-corrected chi connectivity index (χ0v) is 13.8. The van der Waals surface area contributed by atoms with Crippen LogP contribution in [0.5, 0.6) is 5.75 Å². The van der Waals surface area contributed by atoms with E-state index in [1.54, 1.807) is 7.11 Å². The van der Waals surface area contributed by atoms with Gasteiger partial charge in [0.2, 0.25) is 0 Å². The Morgan fingerprint density at radius 2 is 2.10 bits per heavy atom. The van der Waals surface area contributed by atoms with Crippen LogP contribution in [-0.2, 0) is 4.79 Å². The molecule has 2 rings (SSSR count). The van der Waals surface area contributed by atoms with E-state index in [2.05, 4.69) is 13.8 Å². The fraction of sp³-hybridized carbons (Fsp3) is 0.588. The molecule has 1 aromatic rings. The van der Waals surface area contributed by atoms with Crippen LogP contribution in [0.15, 0.2) is 6.07 Å². The largest absolute Gasteiger partial charge is 0.496 e. The zero-order valence-electron chi connectivity index (χ0n) is 13.1. The number of halogens is 1. The lowest BCUT2D eigenvalue weighted by Crippen LogP contribution is -2.13. The number of carboxylic acid groups (broad SMARTS) is 1. The second-order valence-electron chi connectivity index (χ2n) is 6.22. The highest BCUT2D eigenvalue weighted by molar-refractivity contribution is 6.31. The molecular weight excluding hydrogens is 288 g/mol. The summed E-state index contributed by atoms with van der Waals surface area (Å²) in [7, 11) is 1.66. The molecule has 1 aliphatic carbocycles. The van der Waals surface area contributed by atoms with E-state index in [0.717, 1.165) is 35.3 Å². The number of rotatable bonds is 6. The molecule has 4 heteroatoms. The molecule has 1 unspecified atom stereocenters. The lowest BCUT2D eigenvalue weighted by molar-refractivity contribution is -0.137. The number of ether oxygens (including phenoxy) is 1. The Morgan fingerprint density at radius 3 is 2.52 bits per heavy atom. The van der Waals surface area contributed by atoms with Gasteiger partial charge in [-0.25, -0.2) is 0 Å². The van der Waals surface area contributed by atoms with Crippen LogP contribution < -0.4 is 4.74 Å². The first-order chi connectivity index (χ1) is 9.86. The fourth-order valence-corrected chi connectivity index (χ4v) is 3.28. The van der Waals surface area contributed by atoms with Crippen molar-refractivity contribution in [1.82, 2.24) is 0 Å². The summed E-state index contributed by atoms with van der Waals surface area (Å²) in [6.45, 7) is 6.15. The molecule has 1 aromatic carbocycles. The molecule has 0 amide bonds. The zero-order chi connectivity index (χ0) is 15.7. The van der Waals surface area contributed by atoms with Gasteiger partial charge in [0.25, 0.3) is 0 Å². The predicted octanol–water partition coefficient (Wildman–Crippen LogP) is 4.75. The van der Waals surface area contributed by atoms with Crippen molar-refractivity contribution >= 4 is 17.6 Å². The van der Waals surface area contributed by atoms with E-state index in [9.17, 15) is 9.90 Å². The lowest BCUT2D eigenvalue weighted by Gasteiger charge is -2.25. The molecule has 0 aromatic heterocycles. The summed E-state index contributed by atoms with van der Waals surface area (Å²) in [5.74, 6) is 0.770. The van der Waals surface area contributed by atoms with Gasteiger partial charge in [-0.15, -0.1) is 0 Å². The first-order valence-electron chi connectivity index (χ1n) is 7.45. The van der Waals surface area contributed by atoms with Crippen LogP contribution >= 0.6 is 11.6 Å². The monoisotopic (exact) mass is 310 g/mol. The topological polar surface area (TPSA) is 46.5 Å². The van der Waals surface area contributed by atoms with Crippen LogP contribution in [-0.4, -0.2) is 18.2 Å². The molecule has 21 heavy (non-hydrogen) atoms. The molecular formula is C17H23ClO3. The first kappa shape index (κ1) is 16.2. The summed E-state index contributed by atoms with van der Waals surface area (Å²) < 4.78 is 5.66. The molecule has 0 bridgehead atoms. The van der Waals surface area contributed by atoms with Crippen LogP contribution in [0.25, 0.3) is 0 Å². The van der Waals surface area contributed by atoms with Gasteiger partial charge < -0.3 is 9.84 Å². The second kappa shape index (κ2) is 6.27. The molecule has 0 aliphatic heterocycles. The average molecular weight is 311 g/mol. The van der Waals surface area contributed by atoms with Crippen LogP contribution in [0.1, 0.15) is 61.6 Å². The molecule has 1 atom stereocenters. The summed E-state index contributed by atoms with van der Waals surface area (Å²) in [6.07, 6.45) is 2.31. The SMILES string of the molecule is COc1c(C(C)C)cc(Cl)c(C)c1C(CC(=O)O)C1CC1. The van der Waals surface area contributed by atoms with Gasteiger partial charge in [0.05, 0.1) is 13.5 Å². The van der Waals surface area contributed by atoms with Gasteiger partial charge in [-0.1, -0.05) is 25.4 Å². The van der Waals surface area contributed by atoms with Crippen molar-refractivity contribution in [2.24, 2.45) is 5.92 Å². The minimum atomic E-state index is -0.764. The summed E-state index contributed by atoms with van der Waals surface area (Å²) in [6, 6.07) is 1.95. The quantitative estimate of drug-likeness (QED) is 0.824. The first-order valence-corrected chi connectivity index (χ1v) is 7.83. The summed E-state index contributed by atoms with van der Waals surface area (Å²) in [4.78, 5) is 11.3. The Hall–Kier alpha value is -1.22. The Morgan fingerprint density at radius 1 is 1.48 bits per heavy atom. The molecule has 1 saturated carbocycles. The third-order valence-electron chi connectivity index (χ3n) is 4.33. The van der Waals surface area contributed by atoms with Crippen molar-refractivity contribution in [3.05, 3.63) is 27.8 Å². The molecule has 0 saturated heterocycles. The van der Waals surface area contributed by atoms with Crippen molar-refractivity contribution in [1.29, 1.82) is 0 Å². The third-order valence-corrected chi connectivity index (χ3v) is 4.73. The van der Waals surface area contributed by atoms with Gasteiger partial charge in [-0.05, 0) is 48.8 Å². The molecule has 1 aliphatic rings. The van der Waals surface area contributed by atoms with Crippen LogP contribution in [0.3, 0.4) is 0 Å². The van der Waals surface area contributed by atoms with E-state index in [0.29, 0.717) is 10.9 Å². The standard InChI is InChI=1S/C17H23ClO3/c1-9(2)12-7-14(18)10(3)16(17(12)21-4)13(8-15(19)20)11-5-6-11/h7,9,11,13H,5-6,8H2,1-4H3,(H,19,20). The lowest BCUT2D eigenvalue weighted by atomic mass is 9.84. The predicted molar refractivity (Wildman–Crippen MR) is 84.5 cm³/mol. The van der Waals surface area contributed by atoms with Crippen molar-refractivity contribution in [3.63, 3.8) is 0 Å². The maximum atomic E-state index is 11.3. The summed E-state index contributed by atoms with van der Waals surface area (Å²) >= 11 is 6.39. The molecule has 1 N–H and O–H groups in total. The van der Waals surface area contributed by atoms with Gasteiger partial charge in [-0.3, -0.25) is 4.79 Å². The highest BCUT2D eigenvalue weighted by atomic mass is 35.5. The minimum Gasteiger partial charge on any atom is -0.496 e. The summed E-state index contributed by atoms with van der Waals surface area (Å²) in [5, 5.41) is 9.95. The van der Waals surface area contributed by atoms with Crippen LogP contribution in [0.4, 0.5) is 0 Å². The van der Waals surface area contributed by atoms with E-state index in [1.807, 2.05) is 13.0 Å². The Balaban J connectivity index is 2.60. The van der Waals surface area contributed by atoms with Gasteiger partial charge in [-0.2, -0.15) is 0 Å². The van der Waals surface area contributed by atoms with Crippen molar-refractivity contribution in [3.8, 4) is 5.75 Å². The van der Waals surface area contributed by atoms with E-state index in [1.165, 1.54) is 0 Å². The van der Waals surface area contributed by atoms with Gasteiger partial charge in [0, 0.05) is 16.5 Å². The van der Waals surface area contributed by atoms with E-state index in [-0.39, 0.29) is 18.3 Å². The molecule has 0 spiro atoms. The molecule has 3 nitrogen and oxygen atoms in total. The number of hydrogen-bond donors (Lipinski definition) is 1. The highest BCUT2D eigenvalue weighted by Crippen LogP contribution is 2.50. The maximum absolute atomic E-state index is 11.3. The molecule has 116 valence electrons.